The van der Waals surface area contributed by atoms with Gasteiger partial charge in [0.05, 0.1) is 5.39 Å². The van der Waals surface area contributed by atoms with Crippen molar-refractivity contribution < 1.29 is 0 Å². The minimum absolute atomic E-state index is 0.106. The molecule has 0 spiro atoms. The summed E-state index contributed by atoms with van der Waals surface area (Å²) in [6.45, 7) is 3.38. The molecule has 0 aliphatic heterocycles. The first-order valence-electron chi connectivity index (χ1n) is 9.20. The first-order chi connectivity index (χ1) is 12.7. The van der Waals surface area contributed by atoms with Crippen LogP contribution in [0.1, 0.15) is 42.2 Å². The van der Waals surface area contributed by atoms with Crippen molar-refractivity contribution in [3.05, 3.63) is 55.6 Å². The predicted molar refractivity (Wildman–Crippen MR) is 110 cm³/mol. The van der Waals surface area contributed by atoms with Crippen LogP contribution in [0.4, 0.5) is 5.95 Å². The quantitative estimate of drug-likeness (QED) is 0.669. The largest absolute Gasteiger partial charge is 0.351 e. The van der Waals surface area contributed by atoms with Crippen molar-refractivity contribution in [3.8, 4) is 0 Å². The number of nitrogens with zero attached hydrogens (tertiary/aromatic N) is 2. The van der Waals surface area contributed by atoms with Crippen LogP contribution in [0.5, 0.6) is 0 Å². The van der Waals surface area contributed by atoms with E-state index in [1.165, 1.54) is 23.3 Å². The van der Waals surface area contributed by atoms with Crippen molar-refractivity contribution in [1.82, 2.24) is 9.55 Å². The number of halogens is 1. The van der Waals surface area contributed by atoms with Crippen LogP contribution in [-0.4, -0.2) is 9.55 Å². The predicted octanol–water partition coefficient (Wildman–Crippen LogP) is 5.01. The van der Waals surface area contributed by atoms with E-state index in [0.29, 0.717) is 19.0 Å². The highest BCUT2D eigenvalue weighted by Crippen LogP contribution is 2.34. The molecule has 2 heterocycles. The normalized spacial score (nSPS) is 13.8. The van der Waals surface area contributed by atoms with Crippen LogP contribution in [0.2, 0.25) is 5.02 Å². The molecule has 26 heavy (non-hydrogen) atoms. The van der Waals surface area contributed by atoms with Crippen LogP contribution in [0.15, 0.2) is 29.1 Å². The minimum Gasteiger partial charge on any atom is -0.351 e. The van der Waals surface area contributed by atoms with Gasteiger partial charge >= 0.3 is 0 Å². The maximum atomic E-state index is 13.2. The second-order valence-corrected chi connectivity index (χ2v) is 8.28. The Morgan fingerprint density at radius 1 is 1.23 bits per heavy atom. The van der Waals surface area contributed by atoms with E-state index in [2.05, 4.69) is 12.2 Å². The first kappa shape index (κ1) is 17.6. The maximum Gasteiger partial charge on any atom is 0.263 e. The molecule has 1 aliphatic rings. The lowest BCUT2D eigenvalue weighted by Crippen LogP contribution is -2.25. The van der Waals surface area contributed by atoms with Crippen LogP contribution in [0.3, 0.4) is 0 Å². The molecule has 136 valence electrons. The molecule has 1 aliphatic carbocycles. The van der Waals surface area contributed by atoms with Gasteiger partial charge in [-0.3, -0.25) is 9.36 Å². The summed E-state index contributed by atoms with van der Waals surface area (Å²) in [5.74, 6) is 0.665. The van der Waals surface area contributed by atoms with E-state index >= 15 is 0 Å². The zero-order valence-corrected chi connectivity index (χ0v) is 16.4. The van der Waals surface area contributed by atoms with Crippen molar-refractivity contribution >= 4 is 39.1 Å². The van der Waals surface area contributed by atoms with Crippen molar-refractivity contribution in [2.24, 2.45) is 0 Å². The average molecular weight is 388 g/mol. The van der Waals surface area contributed by atoms with Gasteiger partial charge in [-0.2, -0.15) is 0 Å². The van der Waals surface area contributed by atoms with Crippen LogP contribution in [0.25, 0.3) is 10.2 Å². The van der Waals surface area contributed by atoms with Gasteiger partial charge in [0.15, 0.2) is 0 Å². The first-order valence-corrected chi connectivity index (χ1v) is 10.4. The molecule has 0 bridgehead atoms. The molecule has 2 aromatic heterocycles. The number of hydrogen-bond donors (Lipinski definition) is 1. The van der Waals surface area contributed by atoms with E-state index in [-0.39, 0.29) is 5.56 Å². The molecule has 0 unspecified atom stereocenters. The van der Waals surface area contributed by atoms with Crippen LogP contribution < -0.4 is 10.9 Å². The Bertz CT molecular complexity index is 991. The molecule has 3 aromatic rings. The number of aromatic nitrogens is 2. The summed E-state index contributed by atoms with van der Waals surface area (Å²) in [5, 5.41) is 4.94. The zero-order chi connectivity index (χ0) is 18.1. The fourth-order valence-corrected chi connectivity index (χ4v) is 4.97. The summed E-state index contributed by atoms with van der Waals surface area (Å²) in [6.07, 6.45) is 5.37. The molecular weight excluding hydrogens is 366 g/mol. The minimum atomic E-state index is 0.106. The van der Waals surface area contributed by atoms with Gasteiger partial charge in [-0.15, -0.1) is 11.3 Å². The Kier molecular flexibility index (Phi) is 5.00. The van der Waals surface area contributed by atoms with Gasteiger partial charge in [-0.1, -0.05) is 30.7 Å². The summed E-state index contributed by atoms with van der Waals surface area (Å²) in [4.78, 5) is 20.3. The zero-order valence-electron chi connectivity index (χ0n) is 14.8. The lowest BCUT2D eigenvalue weighted by Gasteiger charge is -2.14. The number of thiophene rings is 1. The Morgan fingerprint density at radius 2 is 2.00 bits per heavy atom. The van der Waals surface area contributed by atoms with Crippen LogP contribution in [0, 0.1) is 0 Å². The molecule has 1 aromatic carbocycles. The molecule has 0 radical (unpaired) electrons. The Balaban J connectivity index is 1.74. The van der Waals surface area contributed by atoms with Gasteiger partial charge in [-0.05, 0) is 55.4 Å². The monoisotopic (exact) mass is 387 g/mol. The van der Waals surface area contributed by atoms with E-state index in [1.807, 2.05) is 24.3 Å². The summed E-state index contributed by atoms with van der Waals surface area (Å²) in [5.41, 5.74) is 2.47. The highest BCUT2D eigenvalue weighted by atomic mass is 35.5. The summed E-state index contributed by atoms with van der Waals surface area (Å²) >= 11 is 7.65. The number of anilines is 1. The number of benzene rings is 1. The molecule has 4 rings (SSSR count). The second-order valence-electron chi connectivity index (χ2n) is 6.76. The Labute approximate surface area is 161 Å². The van der Waals surface area contributed by atoms with Gasteiger partial charge in [-0.25, -0.2) is 4.98 Å². The standard InChI is InChI=1S/C20H22ClN3OS/c1-2-11-24-19(25)17-15-5-3-4-6-16(15)26-18(17)23-20(24)22-12-13-7-9-14(21)10-8-13/h7-10H,2-6,11-12H2,1H3,(H,22,23). The number of nitrogens with one attached hydrogen (secondary N) is 1. The van der Waals surface area contributed by atoms with Crippen molar-refractivity contribution in [1.29, 1.82) is 0 Å². The van der Waals surface area contributed by atoms with Crippen molar-refractivity contribution in [2.75, 3.05) is 5.32 Å². The third-order valence-corrected chi connectivity index (χ3v) is 6.32. The van der Waals surface area contributed by atoms with E-state index in [0.717, 1.165) is 40.1 Å². The van der Waals surface area contributed by atoms with Gasteiger partial charge in [0.2, 0.25) is 5.95 Å². The lowest BCUT2D eigenvalue weighted by atomic mass is 9.97. The molecule has 6 heteroatoms. The number of fused-ring (bicyclic) bond motifs is 3. The number of aryl methyl sites for hydroxylation is 2. The Hall–Kier alpha value is -1.85. The summed E-state index contributed by atoms with van der Waals surface area (Å²) in [6, 6.07) is 7.73. The molecular formula is C20H22ClN3OS. The van der Waals surface area contributed by atoms with Crippen molar-refractivity contribution in [3.63, 3.8) is 0 Å². The highest BCUT2D eigenvalue weighted by Gasteiger charge is 2.21. The molecule has 4 nitrogen and oxygen atoms in total. The topological polar surface area (TPSA) is 46.9 Å². The van der Waals surface area contributed by atoms with E-state index in [9.17, 15) is 4.79 Å². The molecule has 0 saturated heterocycles. The maximum absolute atomic E-state index is 13.2. The van der Waals surface area contributed by atoms with Gasteiger partial charge < -0.3 is 5.32 Å². The van der Waals surface area contributed by atoms with Crippen LogP contribution >= 0.6 is 22.9 Å². The van der Waals surface area contributed by atoms with E-state index in [1.54, 1.807) is 15.9 Å². The summed E-state index contributed by atoms with van der Waals surface area (Å²) < 4.78 is 1.81. The van der Waals surface area contributed by atoms with Crippen molar-refractivity contribution in [2.45, 2.75) is 52.1 Å². The highest BCUT2D eigenvalue weighted by molar-refractivity contribution is 7.18. The van der Waals surface area contributed by atoms with E-state index in [4.69, 9.17) is 16.6 Å². The van der Waals surface area contributed by atoms with Crippen LogP contribution in [-0.2, 0) is 25.9 Å². The second kappa shape index (κ2) is 7.41. The Morgan fingerprint density at radius 3 is 2.77 bits per heavy atom. The number of rotatable bonds is 5. The molecule has 0 saturated carbocycles. The van der Waals surface area contributed by atoms with Gasteiger partial charge in [0.1, 0.15) is 4.83 Å². The lowest BCUT2D eigenvalue weighted by molar-refractivity contribution is 0.651. The smallest absolute Gasteiger partial charge is 0.263 e. The molecule has 1 N–H and O–H groups in total. The van der Waals surface area contributed by atoms with E-state index < -0.39 is 0 Å². The number of hydrogen-bond acceptors (Lipinski definition) is 4. The molecule has 0 fully saturated rings. The average Bonchev–Trinajstić information content (AvgIpc) is 3.02. The SMILES string of the molecule is CCCn1c(NCc2ccc(Cl)cc2)nc2sc3c(c2c1=O)CCCC3. The fourth-order valence-electron chi connectivity index (χ4n) is 3.59. The van der Waals surface area contributed by atoms with Gasteiger partial charge in [0, 0.05) is 23.0 Å². The molecule has 0 atom stereocenters. The fraction of sp³-hybridized carbons (Fsp3) is 0.400. The third-order valence-electron chi connectivity index (χ3n) is 4.89. The summed E-state index contributed by atoms with van der Waals surface area (Å²) in [7, 11) is 0. The molecule has 0 amide bonds. The van der Waals surface area contributed by atoms with Gasteiger partial charge in [0.25, 0.3) is 5.56 Å². The third kappa shape index (κ3) is 3.26.